The topological polar surface area (TPSA) is 41.5 Å². The Morgan fingerprint density at radius 2 is 2.25 bits per heavy atom. The highest BCUT2D eigenvalue weighted by atomic mass is 35.5. The largest absolute Gasteiger partial charge is 0.492 e. The molecule has 1 aromatic rings. The van der Waals surface area contributed by atoms with Crippen molar-refractivity contribution in [3.05, 3.63) is 28.0 Å². The van der Waals surface area contributed by atoms with Crippen LogP contribution in [0.1, 0.15) is 17.2 Å². The predicted molar refractivity (Wildman–Crippen MR) is 61.6 cm³/mol. The minimum atomic E-state index is -0.921. The second kappa shape index (κ2) is 5.48. The van der Waals surface area contributed by atoms with Gasteiger partial charge in [-0.3, -0.25) is 0 Å². The highest BCUT2D eigenvalue weighted by Gasteiger charge is 2.20. The molecule has 1 aromatic carbocycles. The molecule has 2 N–H and O–H groups in total. The average molecular weight is 248 g/mol. The normalized spacial score (nSPS) is 12.6. The van der Waals surface area contributed by atoms with Gasteiger partial charge in [0.05, 0.1) is 18.2 Å². The fraction of sp³-hybridized carbons (Fsp3) is 0.455. The van der Waals surface area contributed by atoms with E-state index in [1.807, 2.05) is 0 Å². The van der Waals surface area contributed by atoms with E-state index in [-0.39, 0.29) is 22.9 Å². The summed E-state index contributed by atoms with van der Waals surface area (Å²) >= 11 is 5.89. The summed E-state index contributed by atoms with van der Waals surface area (Å²) in [6, 6.07) is 1.53. The van der Waals surface area contributed by atoms with Gasteiger partial charge >= 0.3 is 0 Å². The zero-order valence-corrected chi connectivity index (χ0v) is 10.2. The molecule has 1 atom stereocenters. The van der Waals surface area contributed by atoms with Crippen molar-refractivity contribution in [3.63, 3.8) is 0 Å². The van der Waals surface area contributed by atoms with Crippen molar-refractivity contribution in [1.29, 1.82) is 0 Å². The number of aliphatic hydroxyl groups is 1. The van der Waals surface area contributed by atoms with E-state index in [9.17, 15) is 9.50 Å². The van der Waals surface area contributed by atoms with E-state index in [2.05, 4.69) is 5.32 Å². The van der Waals surface area contributed by atoms with Gasteiger partial charge in [0.25, 0.3) is 0 Å². The van der Waals surface area contributed by atoms with Crippen molar-refractivity contribution in [3.8, 4) is 5.75 Å². The van der Waals surface area contributed by atoms with Gasteiger partial charge in [-0.05, 0) is 25.6 Å². The van der Waals surface area contributed by atoms with Crippen LogP contribution in [0.25, 0.3) is 0 Å². The van der Waals surface area contributed by atoms with E-state index in [1.165, 1.54) is 13.2 Å². The van der Waals surface area contributed by atoms with Crippen LogP contribution < -0.4 is 10.1 Å². The van der Waals surface area contributed by atoms with Crippen LogP contribution in [0.3, 0.4) is 0 Å². The lowest BCUT2D eigenvalue weighted by atomic mass is 10.0. The first-order chi connectivity index (χ1) is 7.52. The molecular formula is C11H15ClFNO2. The van der Waals surface area contributed by atoms with Gasteiger partial charge in [0.15, 0.2) is 11.6 Å². The number of halogens is 2. The molecule has 0 fully saturated rings. The van der Waals surface area contributed by atoms with E-state index >= 15 is 0 Å². The molecule has 5 heteroatoms. The van der Waals surface area contributed by atoms with Gasteiger partial charge in [-0.2, -0.15) is 0 Å². The molecule has 0 saturated carbocycles. The SMILES string of the molecule is CNCC(O)c1cc(C)c(Cl)c(OC)c1F. The maximum atomic E-state index is 13.9. The second-order valence-electron chi connectivity index (χ2n) is 3.52. The number of likely N-dealkylation sites (N-methyl/N-ethyl adjacent to an activating group) is 1. The van der Waals surface area contributed by atoms with Crippen molar-refractivity contribution < 1.29 is 14.2 Å². The fourth-order valence-electron chi connectivity index (χ4n) is 1.49. The number of hydrogen-bond donors (Lipinski definition) is 2. The Kier molecular flexibility index (Phi) is 4.53. The van der Waals surface area contributed by atoms with E-state index in [1.54, 1.807) is 14.0 Å². The number of ether oxygens (including phenoxy) is 1. The molecule has 3 nitrogen and oxygen atoms in total. The molecule has 0 saturated heterocycles. The highest BCUT2D eigenvalue weighted by molar-refractivity contribution is 6.32. The number of rotatable bonds is 4. The molecule has 0 amide bonds. The second-order valence-corrected chi connectivity index (χ2v) is 3.90. The molecule has 0 radical (unpaired) electrons. The van der Waals surface area contributed by atoms with E-state index < -0.39 is 11.9 Å². The van der Waals surface area contributed by atoms with Crippen LogP contribution in [-0.2, 0) is 0 Å². The lowest BCUT2D eigenvalue weighted by molar-refractivity contribution is 0.172. The van der Waals surface area contributed by atoms with Gasteiger partial charge < -0.3 is 15.2 Å². The molecule has 0 aliphatic carbocycles. The lowest BCUT2D eigenvalue weighted by Crippen LogP contribution is -2.18. The van der Waals surface area contributed by atoms with E-state index in [0.717, 1.165) is 0 Å². The Balaban J connectivity index is 3.25. The van der Waals surface area contributed by atoms with Crippen LogP contribution in [0.15, 0.2) is 6.07 Å². The van der Waals surface area contributed by atoms with Crippen molar-refractivity contribution in [2.24, 2.45) is 0 Å². The first-order valence-corrected chi connectivity index (χ1v) is 5.25. The fourth-order valence-corrected chi connectivity index (χ4v) is 1.71. The third-order valence-electron chi connectivity index (χ3n) is 2.33. The van der Waals surface area contributed by atoms with Crippen molar-refractivity contribution >= 4 is 11.6 Å². The zero-order valence-electron chi connectivity index (χ0n) is 9.47. The Hall–Kier alpha value is -0.840. The number of methoxy groups -OCH3 is 1. The van der Waals surface area contributed by atoms with E-state index in [4.69, 9.17) is 16.3 Å². The quantitative estimate of drug-likeness (QED) is 0.856. The first-order valence-electron chi connectivity index (χ1n) is 4.88. The van der Waals surface area contributed by atoms with Crippen LogP contribution in [0.4, 0.5) is 4.39 Å². The molecule has 0 aliphatic rings. The number of aryl methyl sites for hydroxylation is 1. The van der Waals surface area contributed by atoms with E-state index in [0.29, 0.717) is 5.56 Å². The van der Waals surface area contributed by atoms with Crippen LogP contribution in [0.2, 0.25) is 5.02 Å². The van der Waals surface area contributed by atoms with Crippen molar-refractivity contribution in [2.75, 3.05) is 20.7 Å². The third kappa shape index (κ3) is 2.45. The molecule has 0 aliphatic heterocycles. The summed E-state index contributed by atoms with van der Waals surface area (Å²) in [6.07, 6.45) is -0.921. The van der Waals surface area contributed by atoms with Gasteiger partial charge in [-0.1, -0.05) is 11.6 Å². The van der Waals surface area contributed by atoms with Crippen LogP contribution in [-0.4, -0.2) is 25.8 Å². The van der Waals surface area contributed by atoms with Gasteiger partial charge in [-0.25, -0.2) is 4.39 Å². The summed E-state index contributed by atoms with van der Waals surface area (Å²) in [4.78, 5) is 0. The maximum absolute atomic E-state index is 13.9. The average Bonchev–Trinajstić information content (AvgIpc) is 2.24. The summed E-state index contributed by atoms with van der Waals surface area (Å²) in [6.45, 7) is 2.00. The number of benzene rings is 1. The molecule has 16 heavy (non-hydrogen) atoms. The summed E-state index contributed by atoms with van der Waals surface area (Å²) < 4.78 is 18.8. The summed E-state index contributed by atoms with van der Waals surface area (Å²) in [7, 11) is 3.03. The Bertz CT molecular complexity index is 385. The Labute approximate surface area is 99.2 Å². The predicted octanol–water partition coefficient (Wildman–Crippen LogP) is 2.05. The molecular weight excluding hydrogens is 233 g/mol. The molecule has 0 spiro atoms. The molecule has 0 aromatic heterocycles. The molecule has 0 bridgehead atoms. The standard InChI is InChI=1S/C11H15ClFNO2/c1-6-4-7(8(15)5-14-2)10(13)11(16-3)9(6)12/h4,8,14-15H,5H2,1-3H3. The summed E-state index contributed by atoms with van der Waals surface area (Å²) in [5.74, 6) is -0.632. The summed E-state index contributed by atoms with van der Waals surface area (Å²) in [5.41, 5.74) is 0.859. The maximum Gasteiger partial charge on any atom is 0.173 e. The monoisotopic (exact) mass is 247 g/mol. The van der Waals surface area contributed by atoms with Crippen LogP contribution in [0, 0.1) is 12.7 Å². The van der Waals surface area contributed by atoms with Crippen molar-refractivity contribution in [2.45, 2.75) is 13.0 Å². The third-order valence-corrected chi connectivity index (χ3v) is 2.80. The number of hydrogen-bond acceptors (Lipinski definition) is 3. The molecule has 1 unspecified atom stereocenters. The van der Waals surface area contributed by atoms with Gasteiger partial charge in [0.2, 0.25) is 0 Å². The Morgan fingerprint density at radius 1 is 1.62 bits per heavy atom. The Morgan fingerprint density at radius 3 is 2.75 bits per heavy atom. The van der Waals surface area contributed by atoms with Gasteiger partial charge in [0, 0.05) is 12.1 Å². The van der Waals surface area contributed by atoms with Gasteiger partial charge in [-0.15, -0.1) is 0 Å². The molecule has 0 heterocycles. The number of aliphatic hydroxyl groups excluding tert-OH is 1. The smallest absolute Gasteiger partial charge is 0.173 e. The van der Waals surface area contributed by atoms with Crippen molar-refractivity contribution in [1.82, 2.24) is 5.32 Å². The number of nitrogens with one attached hydrogen (secondary N) is 1. The lowest BCUT2D eigenvalue weighted by Gasteiger charge is -2.16. The first kappa shape index (κ1) is 13.2. The minimum Gasteiger partial charge on any atom is -0.492 e. The minimum absolute atomic E-state index is 0.0215. The molecule has 1 rings (SSSR count). The zero-order chi connectivity index (χ0) is 12.3. The van der Waals surface area contributed by atoms with Crippen LogP contribution >= 0.6 is 11.6 Å². The highest BCUT2D eigenvalue weighted by Crippen LogP contribution is 2.35. The molecule has 90 valence electrons. The summed E-state index contributed by atoms with van der Waals surface area (Å²) in [5, 5.41) is 12.7. The van der Waals surface area contributed by atoms with Crippen LogP contribution in [0.5, 0.6) is 5.75 Å². The van der Waals surface area contributed by atoms with Gasteiger partial charge in [0.1, 0.15) is 0 Å².